The van der Waals surface area contributed by atoms with E-state index in [-0.39, 0.29) is 5.92 Å². The van der Waals surface area contributed by atoms with Gasteiger partial charge in [0.05, 0.1) is 16.4 Å². The summed E-state index contributed by atoms with van der Waals surface area (Å²) in [6, 6.07) is 15.7. The van der Waals surface area contributed by atoms with Crippen molar-refractivity contribution in [2.45, 2.75) is 69.8 Å². The van der Waals surface area contributed by atoms with Crippen molar-refractivity contribution in [2.75, 3.05) is 26.8 Å². The number of rotatable bonds is 9. The van der Waals surface area contributed by atoms with Crippen molar-refractivity contribution in [3.05, 3.63) is 70.2 Å². The van der Waals surface area contributed by atoms with Crippen LogP contribution >= 0.6 is 11.6 Å². The molecule has 2 fully saturated rings. The molecule has 3 aromatic rings. The minimum Gasteiger partial charge on any atom is -0.385 e. The third-order valence-corrected chi connectivity index (χ3v) is 8.27. The van der Waals surface area contributed by atoms with Crippen LogP contribution in [0.2, 0.25) is 5.02 Å². The van der Waals surface area contributed by atoms with Gasteiger partial charge in [0.2, 0.25) is 0 Å². The number of hydrogen-bond donors (Lipinski definition) is 1. The molecule has 1 aliphatic heterocycles. The molecule has 7 heteroatoms. The third kappa shape index (κ3) is 6.90. The number of aliphatic hydroxyl groups is 1. The van der Waals surface area contributed by atoms with Gasteiger partial charge >= 0.3 is 0 Å². The van der Waals surface area contributed by atoms with E-state index < -0.39 is 5.60 Å². The Morgan fingerprint density at radius 3 is 2.58 bits per heavy atom. The van der Waals surface area contributed by atoms with Crippen molar-refractivity contribution < 1.29 is 9.84 Å². The normalized spacial score (nSPS) is 19.0. The number of ether oxygens (including phenoxy) is 1. The molecular weight excluding hydrogens is 498 g/mol. The van der Waals surface area contributed by atoms with Gasteiger partial charge in [-0.2, -0.15) is 0 Å². The van der Waals surface area contributed by atoms with Crippen molar-refractivity contribution in [2.24, 2.45) is 11.2 Å². The molecule has 1 aliphatic carbocycles. The van der Waals surface area contributed by atoms with Crippen LogP contribution in [0.3, 0.4) is 0 Å². The molecule has 2 heterocycles. The predicted molar refractivity (Wildman–Crippen MR) is 155 cm³/mol. The number of fused-ring (bicyclic) bond motifs is 1. The first-order valence-electron chi connectivity index (χ1n) is 14.0. The molecule has 1 saturated carbocycles. The zero-order valence-corrected chi connectivity index (χ0v) is 23.2. The van der Waals surface area contributed by atoms with Gasteiger partial charge in [0, 0.05) is 60.5 Å². The lowest BCUT2D eigenvalue weighted by Gasteiger charge is -2.42. The number of hydrogen-bond acceptors (Lipinski definition) is 5. The van der Waals surface area contributed by atoms with E-state index in [2.05, 4.69) is 16.3 Å². The van der Waals surface area contributed by atoms with Crippen LogP contribution in [0.5, 0.6) is 0 Å². The minimum absolute atomic E-state index is 0.142. The summed E-state index contributed by atoms with van der Waals surface area (Å²) in [7, 11) is 1.68. The smallest absolute Gasteiger partial charge is 0.0948 e. The highest BCUT2D eigenvalue weighted by Crippen LogP contribution is 2.46. The quantitative estimate of drug-likeness (QED) is 0.222. The van der Waals surface area contributed by atoms with Crippen LogP contribution in [0.15, 0.2) is 60.0 Å². The summed E-state index contributed by atoms with van der Waals surface area (Å²) in [4.78, 5) is 15.9. The first-order chi connectivity index (χ1) is 18.6. The molecule has 1 aromatic heterocycles. The van der Waals surface area contributed by atoms with Crippen LogP contribution in [0.25, 0.3) is 22.0 Å². The number of unbranched alkanes of at least 4 members (excludes halogenated alkanes) is 1. The van der Waals surface area contributed by atoms with Crippen LogP contribution in [-0.4, -0.2) is 41.9 Å². The molecule has 2 unspecified atom stereocenters. The standard InChI is InChI=1S/C26H30ClN3O3.C5H10/c1-33-15-5-4-13-26(31,21-9-7-14-30(18-21)29-32)22-10-6-11-23(27)25(22)20-16-19-8-2-3-12-24(19)28-17-20;1-2-4-5-3-1/h2-3,6,8,10-12,16-17,21,31H,4-5,7,9,13-15,18H2,1H3;1-5H2. The van der Waals surface area contributed by atoms with Crippen molar-refractivity contribution in [1.82, 2.24) is 9.99 Å². The highest BCUT2D eigenvalue weighted by Gasteiger charge is 2.42. The fourth-order valence-electron chi connectivity index (χ4n) is 5.89. The zero-order chi connectivity index (χ0) is 26.8. The van der Waals surface area contributed by atoms with Gasteiger partial charge in [0.25, 0.3) is 0 Å². The van der Waals surface area contributed by atoms with Gasteiger partial charge in [-0.3, -0.25) is 9.99 Å². The van der Waals surface area contributed by atoms with Crippen LogP contribution in [-0.2, 0) is 10.3 Å². The predicted octanol–water partition coefficient (Wildman–Crippen LogP) is 7.90. The Bertz CT molecular complexity index is 1180. The Labute approximate surface area is 231 Å². The number of benzene rings is 2. The van der Waals surface area contributed by atoms with Crippen LogP contribution in [0.4, 0.5) is 0 Å². The van der Waals surface area contributed by atoms with Gasteiger partial charge in [-0.15, -0.1) is 4.91 Å². The molecule has 38 heavy (non-hydrogen) atoms. The van der Waals surface area contributed by atoms with Crippen LogP contribution in [0, 0.1) is 10.8 Å². The maximum Gasteiger partial charge on any atom is 0.0948 e. The Morgan fingerprint density at radius 2 is 1.84 bits per heavy atom. The largest absolute Gasteiger partial charge is 0.385 e. The molecule has 0 radical (unpaired) electrons. The summed E-state index contributed by atoms with van der Waals surface area (Å²) in [5, 5.41) is 18.6. The second kappa shape index (κ2) is 14.0. The Balaban J connectivity index is 0.000000603. The van der Waals surface area contributed by atoms with Gasteiger partial charge in [-0.1, -0.05) is 74.0 Å². The van der Waals surface area contributed by atoms with E-state index in [1.165, 1.54) is 37.1 Å². The van der Waals surface area contributed by atoms with Gasteiger partial charge in [0.15, 0.2) is 0 Å². The van der Waals surface area contributed by atoms with Gasteiger partial charge < -0.3 is 9.84 Å². The lowest BCUT2D eigenvalue weighted by molar-refractivity contribution is -0.0616. The second-order valence-corrected chi connectivity index (χ2v) is 11.0. The van der Waals surface area contributed by atoms with Gasteiger partial charge in [-0.25, -0.2) is 0 Å². The lowest BCUT2D eigenvalue weighted by Crippen LogP contribution is -2.45. The summed E-state index contributed by atoms with van der Waals surface area (Å²) >= 11 is 6.76. The molecule has 204 valence electrons. The average molecular weight is 538 g/mol. The van der Waals surface area contributed by atoms with Gasteiger partial charge in [0.1, 0.15) is 0 Å². The molecule has 2 aromatic carbocycles. The molecular formula is C31H40ClN3O3. The minimum atomic E-state index is -1.16. The Kier molecular flexibility index (Phi) is 10.5. The van der Waals surface area contributed by atoms with Crippen LogP contribution < -0.4 is 0 Å². The summed E-state index contributed by atoms with van der Waals surface area (Å²) in [6.07, 6.45) is 13.1. The van der Waals surface area contributed by atoms with Crippen molar-refractivity contribution in [1.29, 1.82) is 0 Å². The van der Waals surface area contributed by atoms with Crippen molar-refractivity contribution in [3.63, 3.8) is 0 Å². The Hall–Kier alpha value is -2.54. The number of nitrogens with zero attached hydrogens (tertiary/aromatic N) is 3. The van der Waals surface area contributed by atoms with Crippen molar-refractivity contribution >= 4 is 22.5 Å². The molecule has 6 nitrogen and oxygen atoms in total. The number of nitroso groups, excluding NO2 is 1. The van der Waals surface area contributed by atoms with E-state index in [4.69, 9.17) is 16.3 Å². The Morgan fingerprint density at radius 1 is 1.08 bits per heavy atom. The highest BCUT2D eigenvalue weighted by molar-refractivity contribution is 6.33. The summed E-state index contributed by atoms with van der Waals surface area (Å²) in [5.41, 5.74) is 2.18. The maximum absolute atomic E-state index is 12.3. The molecule has 2 aliphatic rings. The van der Waals surface area contributed by atoms with E-state index >= 15 is 0 Å². The highest BCUT2D eigenvalue weighted by atomic mass is 35.5. The van der Waals surface area contributed by atoms with Crippen LogP contribution in [0.1, 0.15) is 69.8 Å². The van der Waals surface area contributed by atoms with E-state index in [1.54, 1.807) is 7.11 Å². The first-order valence-corrected chi connectivity index (χ1v) is 14.4. The summed E-state index contributed by atoms with van der Waals surface area (Å²) in [6.45, 7) is 1.68. The lowest BCUT2D eigenvalue weighted by atomic mass is 9.72. The van der Waals surface area contributed by atoms with E-state index in [9.17, 15) is 10.0 Å². The number of aromatic nitrogens is 1. The molecule has 0 spiro atoms. The monoisotopic (exact) mass is 537 g/mol. The summed E-state index contributed by atoms with van der Waals surface area (Å²) in [5.74, 6) is -0.142. The second-order valence-electron chi connectivity index (χ2n) is 10.6. The topological polar surface area (TPSA) is 75.0 Å². The van der Waals surface area contributed by atoms with E-state index in [1.807, 2.05) is 48.7 Å². The van der Waals surface area contributed by atoms with E-state index in [0.29, 0.717) is 31.1 Å². The van der Waals surface area contributed by atoms with E-state index in [0.717, 1.165) is 53.3 Å². The number of para-hydroxylation sites is 1. The fourth-order valence-corrected chi connectivity index (χ4v) is 6.17. The third-order valence-electron chi connectivity index (χ3n) is 7.96. The molecule has 1 saturated heterocycles. The van der Waals surface area contributed by atoms with Gasteiger partial charge in [-0.05, 0) is 55.9 Å². The fraction of sp³-hybridized carbons (Fsp3) is 0.516. The number of methoxy groups -OCH3 is 1. The molecule has 5 rings (SSSR count). The summed E-state index contributed by atoms with van der Waals surface area (Å²) < 4.78 is 5.22. The molecule has 0 bridgehead atoms. The number of piperidine rings is 1. The maximum atomic E-state index is 12.3. The zero-order valence-electron chi connectivity index (χ0n) is 22.4. The molecule has 2 atom stereocenters. The molecule has 0 amide bonds. The first kappa shape index (κ1) is 28.5. The molecule has 1 N–H and O–H groups in total. The SMILES string of the molecule is C1CCCC1.COCCCCC(O)(c1cccc(Cl)c1-c1cnc2ccccc2c1)C1CCCN(N=O)C1. The average Bonchev–Trinajstić information content (AvgIpc) is 3.55. The van der Waals surface area contributed by atoms with Crippen molar-refractivity contribution in [3.8, 4) is 11.1 Å². The number of pyridine rings is 1. The number of halogens is 1.